The fourth-order valence-electron chi connectivity index (χ4n) is 3.06. The summed E-state index contributed by atoms with van der Waals surface area (Å²) in [4.78, 5) is 39.2. The van der Waals surface area contributed by atoms with Crippen LogP contribution in [0.3, 0.4) is 0 Å². The normalized spacial score (nSPS) is 27.1. The van der Waals surface area contributed by atoms with Crippen LogP contribution in [-0.4, -0.2) is 72.3 Å². The number of carbonyl (C=O) groups is 3. The predicted octanol–water partition coefficient (Wildman–Crippen LogP) is -0.367. The lowest BCUT2D eigenvalue weighted by Crippen LogP contribution is -2.54. The van der Waals surface area contributed by atoms with Crippen molar-refractivity contribution in [3.05, 3.63) is 12.7 Å². The van der Waals surface area contributed by atoms with Gasteiger partial charge in [0.2, 0.25) is 5.91 Å². The van der Waals surface area contributed by atoms with Crippen LogP contribution in [0.2, 0.25) is 0 Å². The molecule has 0 bridgehead atoms. The Morgan fingerprint density at radius 3 is 2.20 bits per heavy atom. The van der Waals surface area contributed by atoms with Crippen molar-refractivity contribution in [3.63, 3.8) is 0 Å². The van der Waals surface area contributed by atoms with Crippen LogP contribution in [0.15, 0.2) is 12.7 Å². The van der Waals surface area contributed by atoms with Crippen LogP contribution in [-0.2, 0) is 19.1 Å². The zero-order chi connectivity index (χ0) is 18.8. The third-order valence-electron chi connectivity index (χ3n) is 4.32. The molecule has 2 aliphatic rings. The lowest BCUT2D eigenvalue weighted by molar-refractivity contribution is -0.313. The molecule has 2 amide bonds. The predicted molar refractivity (Wildman–Crippen MR) is 86.3 cm³/mol. The molecule has 0 aromatic rings. The molecule has 0 aliphatic carbocycles. The molecule has 0 radical (unpaired) electrons. The zero-order valence-corrected chi connectivity index (χ0v) is 14.9. The fourth-order valence-corrected chi connectivity index (χ4v) is 3.06. The van der Waals surface area contributed by atoms with Crippen molar-refractivity contribution in [1.82, 2.24) is 9.80 Å². The molecule has 2 fully saturated rings. The Morgan fingerprint density at radius 1 is 1.16 bits per heavy atom. The van der Waals surface area contributed by atoms with E-state index in [0.29, 0.717) is 26.2 Å². The maximum Gasteiger partial charge on any atom is 0.410 e. The van der Waals surface area contributed by atoms with Gasteiger partial charge in [0.1, 0.15) is 5.60 Å². The SMILES string of the molecule is C=C[C@H]1OCC(C(=O)N2CCN(C(=O)OC(C)(C)C)CC2)C1C(=O)[O-]. The van der Waals surface area contributed by atoms with Crippen LogP contribution >= 0.6 is 0 Å². The minimum Gasteiger partial charge on any atom is -0.550 e. The molecule has 8 nitrogen and oxygen atoms in total. The minimum absolute atomic E-state index is 0.0282. The number of nitrogens with zero attached hydrogens (tertiary/aromatic N) is 2. The molecule has 0 N–H and O–H groups in total. The first-order valence-corrected chi connectivity index (χ1v) is 8.36. The van der Waals surface area contributed by atoms with Gasteiger partial charge in [0.05, 0.1) is 18.6 Å². The number of hydrogen-bond donors (Lipinski definition) is 0. The van der Waals surface area contributed by atoms with E-state index in [9.17, 15) is 19.5 Å². The molecule has 3 atom stereocenters. The van der Waals surface area contributed by atoms with E-state index in [4.69, 9.17) is 9.47 Å². The van der Waals surface area contributed by atoms with Gasteiger partial charge in [-0.15, -0.1) is 6.58 Å². The van der Waals surface area contributed by atoms with Crippen LogP contribution in [0.25, 0.3) is 0 Å². The molecule has 140 valence electrons. The molecule has 0 spiro atoms. The summed E-state index contributed by atoms with van der Waals surface area (Å²) >= 11 is 0. The average molecular weight is 353 g/mol. The van der Waals surface area contributed by atoms with E-state index in [2.05, 4.69) is 6.58 Å². The van der Waals surface area contributed by atoms with Gasteiger partial charge in [0, 0.05) is 38.1 Å². The first-order chi connectivity index (χ1) is 11.6. The largest absolute Gasteiger partial charge is 0.550 e. The molecule has 8 heteroatoms. The highest BCUT2D eigenvalue weighted by Crippen LogP contribution is 2.29. The second-order valence-electron chi connectivity index (χ2n) is 7.28. The summed E-state index contributed by atoms with van der Waals surface area (Å²) < 4.78 is 10.7. The van der Waals surface area contributed by atoms with E-state index in [0.717, 1.165) is 0 Å². The third-order valence-corrected chi connectivity index (χ3v) is 4.32. The van der Waals surface area contributed by atoms with Gasteiger partial charge in [-0.3, -0.25) is 4.79 Å². The standard InChI is InChI=1S/C17H26N2O6/c1-5-12-13(15(21)22)11(10-24-12)14(20)18-6-8-19(9-7-18)16(23)25-17(2,3)4/h5,11-13H,1,6-10H2,2-4H3,(H,21,22)/p-1/t11?,12-,13?/m1/s1. The molecule has 0 saturated carbocycles. The Morgan fingerprint density at radius 2 is 1.72 bits per heavy atom. The lowest BCUT2D eigenvalue weighted by Gasteiger charge is -2.37. The monoisotopic (exact) mass is 353 g/mol. The summed E-state index contributed by atoms with van der Waals surface area (Å²) in [5.74, 6) is -3.43. The van der Waals surface area contributed by atoms with Gasteiger partial charge in [-0.2, -0.15) is 0 Å². The molecule has 2 rings (SSSR count). The van der Waals surface area contributed by atoms with Gasteiger partial charge in [-0.05, 0) is 20.8 Å². The molecule has 0 aromatic heterocycles. The van der Waals surface area contributed by atoms with Crippen LogP contribution < -0.4 is 5.11 Å². The molecule has 25 heavy (non-hydrogen) atoms. The summed E-state index contributed by atoms with van der Waals surface area (Å²) in [7, 11) is 0. The second-order valence-corrected chi connectivity index (χ2v) is 7.28. The zero-order valence-electron chi connectivity index (χ0n) is 14.9. The molecule has 2 unspecified atom stereocenters. The van der Waals surface area contributed by atoms with Crippen molar-refractivity contribution in [2.75, 3.05) is 32.8 Å². The smallest absolute Gasteiger partial charge is 0.410 e. The summed E-state index contributed by atoms with van der Waals surface area (Å²) in [5.41, 5.74) is -0.577. The molecule has 2 saturated heterocycles. The Kier molecular flexibility index (Phi) is 5.72. The van der Waals surface area contributed by atoms with Gasteiger partial charge < -0.3 is 29.2 Å². The number of carboxylic acids is 1. The number of piperazine rings is 1. The summed E-state index contributed by atoms with van der Waals surface area (Å²) in [6.45, 7) is 10.3. The van der Waals surface area contributed by atoms with Crippen molar-refractivity contribution in [1.29, 1.82) is 0 Å². The summed E-state index contributed by atoms with van der Waals surface area (Å²) in [6.07, 6.45) is 0.249. The number of rotatable bonds is 3. The third kappa shape index (κ3) is 4.50. The molecular weight excluding hydrogens is 328 g/mol. The molecule has 0 aromatic carbocycles. The van der Waals surface area contributed by atoms with Crippen LogP contribution in [0.1, 0.15) is 20.8 Å². The van der Waals surface area contributed by atoms with Crippen molar-refractivity contribution in [2.45, 2.75) is 32.5 Å². The first-order valence-electron chi connectivity index (χ1n) is 8.36. The highest BCUT2D eigenvalue weighted by Gasteiger charge is 2.43. The number of ether oxygens (including phenoxy) is 2. The Bertz CT molecular complexity index is 548. The maximum absolute atomic E-state index is 12.7. The number of aliphatic carboxylic acids is 1. The summed E-state index contributed by atoms with van der Waals surface area (Å²) in [5, 5.41) is 11.4. The molecule has 2 aliphatic heterocycles. The van der Waals surface area contributed by atoms with Crippen molar-refractivity contribution < 1.29 is 29.0 Å². The van der Waals surface area contributed by atoms with E-state index in [1.807, 2.05) is 0 Å². The number of carboxylic acid groups (broad SMARTS) is 1. The van der Waals surface area contributed by atoms with Crippen molar-refractivity contribution in [3.8, 4) is 0 Å². The van der Waals surface area contributed by atoms with Gasteiger partial charge in [-0.1, -0.05) is 6.08 Å². The second kappa shape index (κ2) is 7.43. The lowest BCUT2D eigenvalue weighted by atomic mass is 9.89. The topological polar surface area (TPSA) is 99.2 Å². The molecular formula is C17H25N2O6-. The summed E-state index contributed by atoms with van der Waals surface area (Å²) in [6, 6.07) is 0. The Balaban J connectivity index is 1.94. The Hall–Kier alpha value is -2.09. The number of amides is 2. The quantitative estimate of drug-likeness (QED) is 0.642. The van der Waals surface area contributed by atoms with E-state index in [1.165, 1.54) is 6.08 Å². The van der Waals surface area contributed by atoms with Crippen LogP contribution in [0.4, 0.5) is 4.79 Å². The van der Waals surface area contributed by atoms with Gasteiger partial charge in [-0.25, -0.2) is 4.79 Å². The first kappa shape index (κ1) is 19.2. The number of carbonyl (C=O) groups excluding carboxylic acids is 3. The highest BCUT2D eigenvalue weighted by atomic mass is 16.6. The van der Waals surface area contributed by atoms with Crippen molar-refractivity contribution in [2.24, 2.45) is 11.8 Å². The highest BCUT2D eigenvalue weighted by molar-refractivity contribution is 5.85. The van der Waals surface area contributed by atoms with Gasteiger partial charge >= 0.3 is 6.09 Å². The molecule has 2 heterocycles. The Labute approximate surface area is 147 Å². The van der Waals surface area contributed by atoms with E-state index < -0.39 is 35.6 Å². The fraction of sp³-hybridized carbons (Fsp3) is 0.706. The van der Waals surface area contributed by atoms with E-state index >= 15 is 0 Å². The average Bonchev–Trinajstić information content (AvgIpc) is 2.97. The number of hydrogen-bond acceptors (Lipinski definition) is 6. The van der Waals surface area contributed by atoms with Crippen LogP contribution in [0.5, 0.6) is 0 Å². The van der Waals surface area contributed by atoms with E-state index in [1.54, 1.807) is 30.6 Å². The van der Waals surface area contributed by atoms with Gasteiger partial charge in [0.25, 0.3) is 0 Å². The van der Waals surface area contributed by atoms with Gasteiger partial charge in [0.15, 0.2) is 0 Å². The van der Waals surface area contributed by atoms with E-state index in [-0.39, 0.29) is 12.5 Å². The maximum atomic E-state index is 12.7. The van der Waals surface area contributed by atoms with Crippen LogP contribution in [0, 0.1) is 11.8 Å². The van der Waals surface area contributed by atoms with Crippen molar-refractivity contribution >= 4 is 18.0 Å². The minimum atomic E-state index is -1.31.